The van der Waals surface area contributed by atoms with E-state index in [0.29, 0.717) is 23.0 Å². The maximum Gasteiger partial charge on any atom is 0.161 e. The van der Waals surface area contributed by atoms with Gasteiger partial charge in [-0.25, -0.2) is 0 Å². The van der Waals surface area contributed by atoms with Crippen molar-refractivity contribution in [1.82, 2.24) is 4.98 Å². The van der Waals surface area contributed by atoms with Gasteiger partial charge in [-0.3, -0.25) is 0 Å². The number of rotatable bonds is 6. The second kappa shape index (κ2) is 7.21. The molecule has 25 heavy (non-hydrogen) atoms. The molecule has 0 aliphatic carbocycles. The lowest BCUT2D eigenvalue weighted by Gasteiger charge is -2.12. The van der Waals surface area contributed by atoms with Gasteiger partial charge in [0.05, 0.1) is 28.4 Å². The topological polar surface area (TPSA) is 52.7 Å². The smallest absolute Gasteiger partial charge is 0.161 e. The average molecular weight is 339 g/mol. The van der Waals surface area contributed by atoms with Gasteiger partial charge in [-0.05, 0) is 35.4 Å². The van der Waals surface area contributed by atoms with Crippen molar-refractivity contribution in [1.29, 1.82) is 0 Å². The van der Waals surface area contributed by atoms with E-state index in [1.807, 2.05) is 48.8 Å². The Bertz CT molecular complexity index is 800. The fourth-order valence-corrected chi connectivity index (χ4v) is 2.85. The molecule has 0 aliphatic heterocycles. The van der Waals surface area contributed by atoms with E-state index in [1.165, 1.54) is 0 Å². The molecule has 5 nitrogen and oxygen atoms in total. The summed E-state index contributed by atoms with van der Waals surface area (Å²) in [6.45, 7) is 0. The quantitative estimate of drug-likeness (QED) is 0.724. The molecule has 0 saturated carbocycles. The number of hydrogen-bond acceptors (Lipinski definition) is 4. The van der Waals surface area contributed by atoms with Crippen LogP contribution in [0.2, 0.25) is 0 Å². The van der Waals surface area contributed by atoms with Crippen molar-refractivity contribution in [2.75, 3.05) is 28.4 Å². The molecule has 0 amide bonds. The molecule has 0 atom stereocenters. The molecule has 0 aliphatic rings. The third-order valence-electron chi connectivity index (χ3n) is 4.13. The average Bonchev–Trinajstić information content (AvgIpc) is 3.16. The van der Waals surface area contributed by atoms with Crippen molar-refractivity contribution in [2.45, 2.75) is 0 Å². The van der Waals surface area contributed by atoms with Crippen LogP contribution in [0.5, 0.6) is 23.0 Å². The summed E-state index contributed by atoms with van der Waals surface area (Å²) in [6, 6.07) is 11.8. The first kappa shape index (κ1) is 16.8. The van der Waals surface area contributed by atoms with Crippen molar-refractivity contribution in [3.63, 3.8) is 0 Å². The van der Waals surface area contributed by atoms with Crippen LogP contribution in [0, 0.1) is 0 Å². The van der Waals surface area contributed by atoms with Crippen LogP contribution in [0.25, 0.3) is 22.3 Å². The molecule has 0 bridgehead atoms. The zero-order valence-electron chi connectivity index (χ0n) is 14.8. The third kappa shape index (κ3) is 3.13. The summed E-state index contributed by atoms with van der Waals surface area (Å²) in [7, 11) is 6.52. The minimum absolute atomic E-state index is 0.694. The van der Waals surface area contributed by atoms with Crippen molar-refractivity contribution >= 4 is 0 Å². The minimum Gasteiger partial charge on any atom is -0.493 e. The standard InChI is InChI=1S/C20H21NO4/c1-22-17-7-5-13(9-19(17)24-3)15-11-21-12-16(15)14-6-8-18(23-2)20(10-14)25-4/h5-12,21H,1-4H3. The highest BCUT2D eigenvalue weighted by atomic mass is 16.5. The Kier molecular flexibility index (Phi) is 4.84. The van der Waals surface area contributed by atoms with Crippen molar-refractivity contribution < 1.29 is 18.9 Å². The number of aromatic amines is 1. The van der Waals surface area contributed by atoms with Gasteiger partial charge in [0, 0.05) is 23.5 Å². The van der Waals surface area contributed by atoms with Crippen molar-refractivity contribution in [2.24, 2.45) is 0 Å². The van der Waals surface area contributed by atoms with E-state index in [4.69, 9.17) is 18.9 Å². The van der Waals surface area contributed by atoms with Crippen LogP contribution in [-0.2, 0) is 0 Å². The summed E-state index contributed by atoms with van der Waals surface area (Å²) in [5, 5.41) is 0. The van der Waals surface area contributed by atoms with Gasteiger partial charge < -0.3 is 23.9 Å². The first-order chi connectivity index (χ1) is 12.2. The third-order valence-corrected chi connectivity index (χ3v) is 4.13. The molecule has 0 unspecified atom stereocenters. The molecular weight excluding hydrogens is 318 g/mol. The van der Waals surface area contributed by atoms with E-state index in [9.17, 15) is 0 Å². The second-order valence-electron chi connectivity index (χ2n) is 5.42. The fraction of sp³-hybridized carbons (Fsp3) is 0.200. The molecule has 0 fully saturated rings. The normalized spacial score (nSPS) is 10.4. The van der Waals surface area contributed by atoms with E-state index in [0.717, 1.165) is 22.3 Å². The van der Waals surface area contributed by atoms with E-state index in [1.54, 1.807) is 28.4 Å². The number of aromatic nitrogens is 1. The molecule has 0 spiro atoms. The van der Waals surface area contributed by atoms with E-state index >= 15 is 0 Å². The van der Waals surface area contributed by atoms with Crippen molar-refractivity contribution in [3.05, 3.63) is 48.8 Å². The molecule has 1 N–H and O–H groups in total. The first-order valence-electron chi connectivity index (χ1n) is 7.83. The van der Waals surface area contributed by atoms with E-state index in [-0.39, 0.29) is 0 Å². The number of H-pyrrole nitrogens is 1. The summed E-state index contributed by atoms with van der Waals surface area (Å²) in [6.07, 6.45) is 3.93. The lowest BCUT2D eigenvalue weighted by molar-refractivity contribution is 0.355. The largest absolute Gasteiger partial charge is 0.493 e. The first-order valence-corrected chi connectivity index (χ1v) is 7.83. The number of hydrogen-bond donors (Lipinski definition) is 1. The van der Waals surface area contributed by atoms with Gasteiger partial charge in [-0.2, -0.15) is 0 Å². The van der Waals surface area contributed by atoms with Crippen LogP contribution in [0.4, 0.5) is 0 Å². The van der Waals surface area contributed by atoms with Crippen LogP contribution in [0.1, 0.15) is 0 Å². The minimum atomic E-state index is 0.694. The molecule has 5 heteroatoms. The zero-order valence-corrected chi connectivity index (χ0v) is 14.8. The Balaban J connectivity index is 2.07. The van der Waals surface area contributed by atoms with Crippen LogP contribution in [0.15, 0.2) is 48.8 Å². The summed E-state index contributed by atoms with van der Waals surface area (Å²) in [5.74, 6) is 2.79. The van der Waals surface area contributed by atoms with Crippen LogP contribution in [0.3, 0.4) is 0 Å². The summed E-state index contributed by atoms with van der Waals surface area (Å²) < 4.78 is 21.5. The van der Waals surface area contributed by atoms with Gasteiger partial charge in [0.15, 0.2) is 23.0 Å². The molecule has 130 valence electrons. The summed E-state index contributed by atoms with van der Waals surface area (Å²) >= 11 is 0. The second-order valence-corrected chi connectivity index (χ2v) is 5.42. The molecule has 0 radical (unpaired) electrons. The Labute approximate surface area is 147 Å². The summed E-state index contributed by atoms with van der Waals surface area (Å²) in [5.41, 5.74) is 4.19. The van der Waals surface area contributed by atoms with Gasteiger partial charge in [-0.1, -0.05) is 12.1 Å². The van der Waals surface area contributed by atoms with Gasteiger partial charge in [0.2, 0.25) is 0 Å². The molecule has 2 aromatic carbocycles. The summed E-state index contributed by atoms with van der Waals surface area (Å²) in [4.78, 5) is 3.18. The zero-order chi connectivity index (χ0) is 17.8. The maximum absolute atomic E-state index is 5.42. The Morgan fingerprint density at radius 2 is 0.960 bits per heavy atom. The predicted molar refractivity (Wildman–Crippen MR) is 97.9 cm³/mol. The number of methoxy groups -OCH3 is 4. The molecule has 3 rings (SSSR count). The highest BCUT2D eigenvalue weighted by molar-refractivity contribution is 5.84. The number of nitrogens with one attached hydrogen (secondary N) is 1. The van der Waals surface area contributed by atoms with Gasteiger partial charge in [0.25, 0.3) is 0 Å². The Morgan fingerprint density at radius 3 is 1.32 bits per heavy atom. The molecule has 0 saturated heterocycles. The fourth-order valence-electron chi connectivity index (χ4n) is 2.85. The molecule has 3 aromatic rings. The number of ether oxygens (including phenoxy) is 4. The SMILES string of the molecule is COc1ccc(-c2c[nH]cc2-c2ccc(OC)c(OC)c2)cc1OC. The van der Waals surface area contributed by atoms with Gasteiger partial charge in [-0.15, -0.1) is 0 Å². The van der Waals surface area contributed by atoms with Gasteiger partial charge in [0.1, 0.15) is 0 Å². The van der Waals surface area contributed by atoms with E-state index < -0.39 is 0 Å². The highest BCUT2D eigenvalue weighted by Gasteiger charge is 2.14. The molecular formula is C20H21NO4. The van der Waals surface area contributed by atoms with E-state index in [2.05, 4.69) is 4.98 Å². The Morgan fingerprint density at radius 1 is 0.560 bits per heavy atom. The Hall–Kier alpha value is -3.08. The molecule has 1 aromatic heterocycles. The van der Waals surface area contributed by atoms with Crippen LogP contribution < -0.4 is 18.9 Å². The number of benzene rings is 2. The molecule has 1 heterocycles. The van der Waals surface area contributed by atoms with Crippen LogP contribution >= 0.6 is 0 Å². The predicted octanol–water partition coefficient (Wildman–Crippen LogP) is 4.38. The lowest BCUT2D eigenvalue weighted by Crippen LogP contribution is -1.92. The van der Waals surface area contributed by atoms with Crippen molar-refractivity contribution in [3.8, 4) is 45.3 Å². The van der Waals surface area contributed by atoms with Crippen LogP contribution in [-0.4, -0.2) is 33.4 Å². The van der Waals surface area contributed by atoms with Gasteiger partial charge >= 0.3 is 0 Å². The maximum atomic E-state index is 5.42. The lowest BCUT2D eigenvalue weighted by atomic mass is 9.98. The monoisotopic (exact) mass is 339 g/mol. The highest BCUT2D eigenvalue weighted by Crippen LogP contribution is 2.39.